The number of hydrogen-bond acceptors (Lipinski definition) is 6. The minimum absolute atomic E-state index is 0.0278. The molecule has 5 rings (SSSR count). The second kappa shape index (κ2) is 7.29. The van der Waals surface area contributed by atoms with Crippen molar-refractivity contribution in [2.75, 3.05) is 31.1 Å². The van der Waals surface area contributed by atoms with E-state index in [-0.39, 0.29) is 5.91 Å². The van der Waals surface area contributed by atoms with Crippen LogP contribution in [0.5, 0.6) is 0 Å². The molecule has 0 N–H and O–H groups in total. The number of imidazole rings is 1. The van der Waals surface area contributed by atoms with Crippen molar-refractivity contribution >= 4 is 28.7 Å². The van der Waals surface area contributed by atoms with Gasteiger partial charge in [-0.15, -0.1) is 21.5 Å². The largest absolute Gasteiger partial charge is 0.352 e. The van der Waals surface area contributed by atoms with Gasteiger partial charge in [0.15, 0.2) is 5.82 Å². The first-order valence-corrected chi connectivity index (χ1v) is 10.4. The highest BCUT2D eigenvalue weighted by Crippen LogP contribution is 2.24. The fourth-order valence-electron chi connectivity index (χ4n) is 3.71. The van der Waals surface area contributed by atoms with Gasteiger partial charge in [0.2, 0.25) is 0 Å². The molecule has 7 nitrogen and oxygen atoms in total. The smallest absolute Gasteiger partial charge is 0.272 e. The summed E-state index contributed by atoms with van der Waals surface area (Å²) >= 11 is 1.65. The molecule has 146 valence electrons. The summed E-state index contributed by atoms with van der Waals surface area (Å²) in [4.78, 5) is 22.8. The highest BCUT2D eigenvalue weighted by molar-refractivity contribution is 7.13. The van der Waals surface area contributed by atoms with Crippen molar-refractivity contribution in [1.29, 1.82) is 0 Å². The molecular formula is C21H20N6OS. The van der Waals surface area contributed by atoms with Gasteiger partial charge >= 0.3 is 0 Å². The Morgan fingerprint density at radius 1 is 1.00 bits per heavy atom. The molecule has 0 bridgehead atoms. The number of carbonyl (C=O) groups excluding carboxylic acids is 1. The monoisotopic (exact) mass is 404 g/mol. The molecule has 4 aromatic heterocycles. The summed E-state index contributed by atoms with van der Waals surface area (Å²) in [5.41, 5.74) is 3.10. The number of pyridine rings is 1. The Morgan fingerprint density at radius 3 is 2.59 bits per heavy atom. The van der Waals surface area contributed by atoms with Crippen molar-refractivity contribution in [2.24, 2.45) is 0 Å². The van der Waals surface area contributed by atoms with Crippen LogP contribution in [-0.2, 0) is 0 Å². The molecule has 4 aromatic rings. The van der Waals surface area contributed by atoms with Gasteiger partial charge in [-0.25, -0.2) is 4.98 Å². The average Bonchev–Trinajstić information content (AvgIpc) is 3.41. The van der Waals surface area contributed by atoms with E-state index in [1.54, 1.807) is 11.3 Å². The van der Waals surface area contributed by atoms with Crippen LogP contribution in [-0.4, -0.2) is 56.6 Å². The zero-order valence-electron chi connectivity index (χ0n) is 16.0. The third-order valence-corrected chi connectivity index (χ3v) is 6.11. The van der Waals surface area contributed by atoms with Crippen LogP contribution in [0.4, 0.5) is 5.82 Å². The summed E-state index contributed by atoms with van der Waals surface area (Å²) in [6.07, 6.45) is 1.89. The number of fused-ring (bicyclic) bond motifs is 1. The number of piperazine rings is 1. The van der Waals surface area contributed by atoms with E-state index >= 15 is 0 Å². The van der Waals surface area contributed by atoms with E-state index in [9.17, 15) is 4.79 Å². The molecule has 1 fully saturated rings. The molecule has 29 heavy (non-hydrogen) atoms. The van der Waals surface area contributed by atoms with Crippen LogP contribution < -0.4 is 4.90 Å². The molecule has 8 heteroatoms. The van der Waals surface area contributed by atoms with Crippen molar-refractivity contribution in [1.82, 2.24) is 24.5 Å². The highest BCUT2D eigenvalue weighted by Gasteiger charge is 2.26. The van der Waals surface area contributed by atoms with Gasteiger partial charge in [-0.3, -0.25) is 9.20 Å². The predicted octanol–water partition coefficient (Wildman–Crippen LogP) is 3.12. The summed E-state index contributed by atoms with van der Waals surface area (Å²) in [6, 6.07) is 13.8. The van der Waals surface area contributed by atoms with E-state index in [4.69, 9.17) is 0 Å². The molecule has 0 radical (unpaired) electrons. The summed E-state index contributed by atoms with van der Waals surface area (Å²) in [5, 5.41) is 10.8. The third-order valence-electron chi connectivity index (χ3n) is 5.22. The Morgan fingerprint density at radius 2 is 1.86 bits per heavy atom. The van der Waals surface area contributed by atoms with E-state index in [0.29, 0.717) is 18.8 Å². The molecule has 0 spiro atoms. The zero-order valence-corrected chi connectivity index (χ0v) is 16.8. The van der Waals surface area contributed by atoms with E-state index in [0.717, 1.165) is 40.8 Å². The number of aryl methyl sites for hydroxylation is 1. The fourth-order valence-corrected chi connectivity index (χ4v) is 4.40. The summed E-state index contributed by atoms with van der Waals surface area (Å²) < 4.78 is 1.87. The molecule has 1 aliphatic rings. The zero-order chi connectivity index (χ0) is 19.8. The van der Waals surface area contributed by atoms with E-state index in [1.165, 1.54) is 0 Å². The molecule has 0 unspecified atom stereocenters. The van der Waals surface area contributed by atoms with Gasteiger partial charge in [0, 0.05) is 32.4 Å². The number of hydrogen-bond donors (Lipinski definition) is 0. The lowest BCUT2D eigenvalue weighted by atomic mass is 10.2. The summed E-state index contributed by atoms with van der Waals surface area (Å²) in [6.45, 7) is 4.64. The lowest BCUT2D eigenvalue weighted by Gasteiger charge is -2.35. The predicted molar refractivity (Wildman–Crippen MR) is 113 cm³/mol. The molecule has 0 atom stereocenters. The van der Waals surface area contributed by atoms with E-state index in [2.05, 4.69) is 20.1 Å². The van der Waals surface area contributed by atoms with Crippen LogP contribution in [0.25, 0.3) is 16.2 Å². The fraction of sp³-hybridized carbons (Fsp3) is 0.238. The minimum Gasteiger partial charge on any atom is -0.352 e. The Hall–Kier alpha value is -3.26. The molecule has 1 saturated heterocycles. The summed E-state index contributed by atoms with van der Waals surface area (Å²) in [7, 11) is 0. The van der Waals surface area contributed by atoms with Crippen LogP contribution in [0.2, 0.25) is 0 Å². The SMILES string of the molecule is Cc1nc2ccccn2c1C(=O)N1CCN(c2ccc(-c3cccs3)nn2)CC1. The van der Waals surface area contributed by atoms with Gasteiger partial charge < -0.3 is 9.80 Å². The van der Waals surface area contributed by atoms with E-state index < -0.39 is 0 Å². The van der Waals surface area contributed by atoms with Crippen LogP contribution in [0.15, 0.2) is 54.0 Å². The number of amides is 1. The maximum atomic E-state index is 13.1. The number of aromatic nitrogens is 4. The molecular weight excluding hydrogens is 384 g/mol. The van der Waals surface area contributed by atoms with Gasteiger partial charge in [-0.05, 0) is 42.6 Å². The first-order chi connectivity index (χ1) is 14.2. The van der Waals surface area contributed by atoms with Crippen molar-refractivity contribution in [3.8, 4) is 10.6 Å². The average molecular weight is 404 g/mol. The Kier molecular flexibility index (Phi) is 4.48. The quantitative estimate of drug-likeness (QED) is 0.525. The van der Waals surface area contributed by atoms with Crippen LogP contribution >= 0.6 is 11.3 Å². The van der Waals surface area contributed by atoms with E-state index in [1.807, 2.05) is 70.3 Å². The molecule has 1 amide bonds. The second-order valence-electron chi connectivity index (χ2n) is 7.01. The first kappa shape index (κ1) is 17.8. The molecule has 5 heterocycles. The van der Waals surface area contributed by atoms with Gasteiger partial charge in [-0.1, -0.05) is 12.1 Å². The van der Waals surface area contributed by atoms with Crippen LogP contribution in [0.3, 0.4) is 0 Å². The number of rotatable bonds is 3. The third kappa shape index (κ3) is 3.25. The maximum Gasteiger partial charge on any atom is 0.272 e. The van der Waals surface area contributed by atoms with Crippen molar-refractivity contribution < 1.29 is 4.79 Å². The molecule has 0 saturated carbocycles. The van der Waals surface area contributed by atoms with Gasteiger partial charge in [0.1, 0.15) is 17.0 Å². The number of anilines is 1. The molecule has 0 aromatic carbocycles. The lowest BCUT2D eigenvalue weighted by molar-refractivity contribution is 0.0738. The van der Waals surface area contributed by atoms with Crippen LogP contribution in [0, 0.1) is 6.92 Å². The molecule has 0 aliphatic carbocycles. The van der Waals surface area contributed by atoms with Crippen molar-refractivity contribution in [3.05, 3.63) is 65.4 Å². The maximum absolute atomic E-state index is 13.1. The van der Waals surface area contributed by atoms with Gasteiger partial charge in [0.25, 0.3) is 5.91 Å². The second-order valence-corrected chi connectivity index (χ2v) is 7.96. The number of nitrogens with zero attached hydrogens (tertiary/aromatic N) is 6. The lowest BCUT2D eigenvalue weighted by Crippen LogP contribution is -2.49. The van der Waals surface area contributed by atoms with Crippen molar-refractivity contribution in [3.63, 3.8) is 0 Å². The number of carbonyl (C=O) groups is 1. The van der Waals surface area contributed by atoms with Gasteiger partial charge in [-0.2, -0.15) is 0 Å². The standard InChI is InChI=1S/C21H20N6OS/c1-15-20(27-9-3-2-6-18(27)22-15)21(28)26-12-10-25(11-13-26)19-8-7-16(23-24-19)17-5-4-14-29-17/h2-9,14H,10-13H2,1H3. The van der Waals surface area contributed by atoms with Gasteiger partial charge in [0.05, 0.1) is 10.6 Å². The Labute approximate surface area is 172 Å². The van der Waals surface area contributed by atoms with Crippen molar-refractivity contribution in [2.45, 2.75) is 6.92 Å². The minimum atomic E-state index is 0.0278. The first-order valence-electron chi connectivity index (χ1n) is 9.56. The Bertz CT molecular complexity index is 1140. The van der Waals surface area contributed by atoms with Crippen LogP contribution in [0.1, 0.15) is 16.2 Å². The highest BCUT2D eigenvalue weighted by atomic mass is 32.1. The molecule has 1 aliphatic heterocycles. The number of thiophene rings is 1. The normalized spacial score (nSPS) is 14.5. The Balaban J connectivity index is 1.29. The topological polar surface area (TPSA) is 66.6 Å². The summed E-state index contributed by atoms with van der Waals surface area (Å²) in [5.74, 6) is 0.878.